The molecule has 1 amide bonds. The number of aliphatic hydroxyl groups is 1. The number of carbonyl (C=O) groups excluding carboxylic acids is 1. The number of aliphatic hydroxyl groups excluding tert-OH is 1. The van der Waals surface area contributed by atoms with Crippen molar-refractivity contribution in [3.63, 3.8) is 0 Å². The summed E-state index contributed by atoms with van der Waals surface area (Å²) in [4.78, 5) is 18.8. The fourth-order valence-electron chi connectivity index (χ4n) is 3.83. The van der Waals surface area contributed by atoms with Crippen LogP contribution in [0.4, 0.5) is 0 Å². The molecule has 1 aliphatic rings. The Hall–Kier alpha value is -2.21. The zero-order valence-electron chi connectivity index (χ0n) is 15.9. The van der Waals surface area contributed by atoms with Gasteiger partial charge in [-0.2, -0.15) is 5.10 Å². The van der Waals surface area contributed by atoms with Crippen LogP contribution in [0.25, 0.3) is 0 Å². The summed E-state index contributed by atoms with van der Waals surface area (Å²) in [5, 5.41) is 14.9. The van der Waals surface area contributed by atoms with E-state index in [9.17, 15) is 9.90 Å². The molecule has 0 spiro atoms. The van der Waals surface area contributed by atoms with Crippen LogP contribution in [0.2, 0.25) is 0 Å². The number of aryl methyl sites for hydroxylation is 2. The molecule has 1 unspecified atom stereocenters. The summed E-state index contributed by atoms with van der Waals surface area (Å²) >= 11 is 0. The van der Waals surface area contributed by atoms with Crippen molar-refractivity contribution < 1.29 is 9.90 Å². The SMILES string of the molecule is Cc1nn(C)c(C)c1CCC(=O)N1CCC(C(O)c2ccccn2)CC1. The fourth-order valence-corrected chi connectivity index (χ4v) is 3.83. The predicted octanol–water partition coefficient (Wildman–Crippen LogP) is 2.34. The lowest BCUT2D eigenvalue weighted by molar-refractivity contribution is -0.133. The first-order valence-electron chi connectivity index (χ1n) is 9.33. The number of likely N-dealkylation sites (tertiary alicyclic amines) is 1. The third-order valence-electron chi connectivity index (χ3n) is 5.58. The van der Waals surface area contributed by atoms with E-state index in [2.05, 4.69) is 10.1 Å². The highest BCUT2D eigenvalue weighted by Gasteiger charge is 2.28. The summed E-state index contributed by atoms with van der Waals surface area (Å²) in [6.45, 7) is 5.46. The van der Waals surface area contributed by atoms with E-state index in [1.54, 1.807) is 6.20 Å². The maximum absolute atomic E-state index is 12.6. The van der Waals surface area contributed by atoms with Gasteiger partial charge in [-0.3, -0.25) is 14.5 Å². The van der Waals surface area contributed by atoms with E-state index < -0.39 is 6.10 Å². The van der Waals surface area contributed by atoms with E-state index in [-0.39, 0.29) is 11.8 Å². The van der Waals surface area contributed by atoms with Gasteiger partial charge in [-0.1, -0.05) is 6.07 Å². The molecule has 2 aromatic rings. The van der Waals surface area contributed by atoms with Gasteiger partial charge in [-0.25, -0.2) is 0 Å². The van der Waals surface area contributed by atoms with Crippen LogP contribution in [0, 0.1) is 19.8 Å². The molecule has 1 atom stereocenters. The summed E-state index contributed by atoms with van der Waals surface area (Å²) in [5.74, 6) is 0.357. The molecule has 3 rings (SSSR count). The second-order valence-corrected chi connectivity index (χ2v) is 7.19. The highest BCUT2D eigenvalue weighted by atomic mass is 16.3. The molecule has 0 aliphatic carbocycles. The number of nitrogens with zero attached hydrogens (tertiary/aromatic N) is 4. The second-order valence-electron chi connectivity index (χ2n) is 7.19. The van der Waals surface area contributed by atoms with Crippen LogP contribution in [0.5, 0.6) is 0 Å². The van der Waals surface area contributed by atoms with Crippen LogP contribution in [-0.4, -0.2) is 43.8 Å². The number of amides is 1. The van der Waals surface area contributed by atoms with Crippen LogP contribution in [0.3, 0.4) is 0 Å². The van der Waals surface area contributed by atoms with Gasteiger partial charge in [0.2, 0.25) is 5.91 Å². The van der Waals surface area contributed by atoms with Crippen LogP contribution >= 0.6 is 0 Å². The van der Waals surface area contributed by atoms with Gasteiger partial charge in [0, 0.05) is 38.4 Å². The molecule has 1 aliphatic heterocycles. The molecular formula is C20H28N4O2. The number of carbonyl (C=O) groups is 1. The smallest absolute Gasteiger partial charge is 0.222 e. The summed E-state index contributed by atoms with van der Waals surface area (Å²) in [6.07, 6.45) is 4.04. The minimum atomic E-state index is -0.547. The largest absolute Gasteiger partial charge is 0.387 e. The average Bonchev–Trinajstić information content (AvgIpc) is 2.91. The van der Waals surface area contributed by atoms with Gasteiger partial charge < -0.3 is 10.0 Å². The minimum Gasteiger partial charge on any atom is -0.387 e. The second kappa shape index (κ2) is 7.99. The highest BCUT2D eigenvalue weighted by molar-refractivity contribution is 5.76. The third-order valence-corrected chi connectivity index (χ3v) is 5.58. The standard InChI is InChI=1S/C20H28N4O2/c1-14-17(15(2)23(3)22-14)7-8-19(25)24-12-9-16(10-13-24)20(26)18-6-4-5-11-21-18/h4-6,11,16,20,26H,7-10,12-13H2,1-3H3. The first-order chi connectivity index (χ1) is 12.5. The van der Waals surface area contributed by atoms with Crippen molar-refractivity contribution in [2.24, 2.45) is 13.0 Å². The lowest BCUT2D eigenvalue weighted by atomic mass is 9.89. The molecule has 2 aromatic heterocycles. The van der Waals surface area contributed by atoms with Gasteiger partial charge in [0.1, 0.15) is 0 Å². The third kappa shape index (κ3) is 3.96. The number of rotatable bonds is 5. The number of hydrogen-bond acceptors (Lipinski definition) is 4. The maximum atomic E-state index is 12.6. The Morgan fingerprint density at radius 2 is 2.04 bits per heavy atom. The number of pyridine rings is 1. The van der Waals surface area contributed by atoms with Gasteiger partial charge in [0.15, 0.2) is 0 Å². The zero-order chi connectivity index (χ0) is 18.7. The Balaban J connectivity index is 1.50. The molecule has 26 heavy (non-hydrogen) atoms. The average molecular weight is 356 g/mol. The molecule has 1 fully saturated rings. The van der Waals surface area contributed by atoms with Crippen LogP contribution in [0.15, 0.2) is 24.4 Å². The molecule has 1 N–H and O–H groups in total. The first kappa shape index (κ1) is 18.6. The van der Waals surface area contributed by atoms with Crippen molar-refractivity contribution >= 4 is 5.91 Å². The Morgan fingerprint density at radius 3 is 2.62 bits per heavy atom. The molecule has 0 bridgehead atoms. The van der Waals surface area contributed by atoms with Gasteiger partial charge in [-0.15, -0.1) is 0 Å². The molecule has 0 aromatic carbocycles. The maximum Gasteiger partial charge on any atom is 0.222 e. The topological polar surface area (TPSA) is 71.2 Å². The summed E-state index contributed by atoms with van der Waals surface area (Å²) in [7, 11) is 1.94. The normalized spacial score (nSPS) is 16.7. The van der Waals surface area contributed by atoms with E-state index in [0.717, 1.165) is 36.3 Å². The van der Waals surface area contributed by atoms with Crippen molar-refractivity contribution in [3.05, 3.63) is 47.0 Å². The van der Waals surface area contributed by atoms with E-state index in [1.165, 1.54) is 5.56 Å². The first-order valence-corrected chi connectivity index (χ1v) is 9.33. The van der Waals surface area contributed by atoms with E-state index in [4.69, 9.17) is 0 Å². The van der Waals surface area contributed by atoms with Crippen LogP contribution in [0.1, 0.15) is 48.0 Å². The molecule has 1 saturated heterocycles. The Kier molecular flexibility index (Phi) is 5.71. The number of hydrogen-bond donors (Lipinski definition) is 1. The lowest BCUT2D eigenvalue weighted by Gasteiger charge is -2.34. The molecule has 6 nitrogen and oxygen atoms in total. The molecule has 6 heteroatoms. The predicted molar refractivity (Wildman–Crippen MR) is 99.5 cm³/mol. The van der Waals surface area contributed by atoms with E-state index in [1.807, 2.05) is 48.7 Å². The highest BCUT2D eigenvalue weighted by Crippen LogP contribution is 2.30. The van der Waals surface area contributed by atoms with E-state index in [0.29, 0.717) is 19.5 Å². The monoisotopic (exact) mass is 356 g/mol. The fraction of sp³-hybridized carbons (Fsp3) is 0.550. The Bertz CT molecular complexity index is 749. The van der Waals surface area contributed by atoms with Crippen molar-refractivity contribution in [1.29, 1.82) is 0 Å². The van der Waals surface area contributed by atoms with E-state index >= 15 is 0 Å². The summed E-state index contributed by atoms with van der Waals surface area (Å²) in [6, 6.07) is 5.61. The molecular weight excluding hydrogens is 328 g/mol. The Labute approximate surface area is 154 Å². The summed E-state index contributed by atoms with van der Waals surface area (Å²) < 4.78 is 1.87. The van der Waals surface area contributed by atoms with Gasteiger partial charge >= 0.3 is 0 Å². The molecule has 140 valence electrons. The minimum absolute atomic E-state index is 0.164. The zero-order valence-corrected chi connectivity index (χ0v) is 15.9. The Morgan fingerprint density at radius 1 is 1.31 bits per heavy atom. The van der Waals surface area contributed by atoms with Crippen molar-refractivity contribution in [2.45, 2.75) is 45.6 Å². The lowest BCUT2D eigenvalue weighted by Crippen LogP contribution is -2.40. The van der Waals surface area contributed by atoms with Crippen molar-refractivity contribution in [2.75, 3.05) is 13.1 Å². The molecule has 0 radical (unpaired) electrons. The number of aromatic nitrogens is 3. The van der Waals surface area contributed by atoms with Crippen LogP contribution < -0.4 is 0 Å². The molecule has 3 heterocycles. The van der Waals surface area contributed by atoms with Crippen molar-refractivity contribution in [3.8, 4) is 0 Å². The van der Waals surface area contributed by atoms with Gasteiger partial charge in [0.25, 0.3) is 0 Å². The molecule has 0 saturated carbocycles. The van der Waals surface area contributed by atoms with Crippen LogP contribution in [-0.2, 0) is 18.3 Å². The van der Waals surface area contributed by atoms with Gasteiger partial charge in [-0.05, 0) is 56.7 Å². The van der Waals surface area contributed by atoms with Crippen molar-refractivity contribution in [1.82, 2.24) is 19.7 Å². The van der Waals surface area contributed by atoms with Gasteiger partial charge in [0.05, 0.1) is 17.5 Å². The summed E-state index contributed by atoms with van der Waals surface area (Å²) in [5.41, 5.74) is 4.04. The quantitative estimate of drug-likeness (QED) is 0.893. The number of piperidine rings is 1.